The van der Waals surface area contributed by atoms with Crippen LogP contribution >= 0.6 is 0 Å². The van der Waals surface area contributed by atoms with Gasteiger partial charge in [-0.1, -0.05) is 0 Å². The van der Waals surface area contributed by atoms with Crippen molar-refractivity contribution in [3.8, 4) is 17.2 Å². The molecule has 2 aromatic carbocycles. The molecule has 0 bridgehead atoms. The van der Waals surface area contributed by atoms with Crippen LogP contribution in [0.25, 0.3) is 5.69 Å². The van der Waals surface area contributed by atoms with Gasteiger partial charge in [0.2, 0.25) is 10.0 Å². The molecule has 0 radical (unpaired) electrons. The van der Waals surface area contributed by atoms with Crippen molar-refractivity contribution >= 4 is 45.0 Å². The molecule has 16 nitrogen and oxygen atoms in total. The van der Waals surface area contributed by atoms with Gasteiger partial charge in [-0.25, -0.2) is 36.5 Å². The Hall–Kier alpha value is -6.47. The van der Waals surface area contributed by atoms with Gasteiger partial charge in [0.25, 0.3) is 17.4 Å². The molecule has 0 unspecified atom stereocenters. The van der Waals surface area contributed by atoms with Gasteiger partial charge in [0.05, 0.1) is 17.5 Å². The average molecular weight is 804 g/mol. The van der Waals surface area contributed by atoms with Crippen LogP contribution in [0.3, 0.4) is 0 Å². The summed E-state index contributed by atoms with van der Waals surface area (Å²) >= 11 is 0. The summed E-state index contributed by atoms with van der Waals surface area (Å²) in [6.45, 7) is 4.47. The van der Waals surface area contributed by atoms with Crippen LogP contribution in [0.5, 0.6) is 11.5 Å². The van der Waals surface area contributed by atoms with Gasteiger partial charge in [0.15, 0.2) is 11.6 Å². The van der Waals surface area contributed by atoms with Crippen LogP contribution in [0.4, 0.5) is 31.9 Å². The minimum Gasteiger partial charge on any atom is -0.454 e. The van der Waals surface area contributed by atoms with Crippen molar-refractivity contribution in [3.05, 3.63) is 123 Å². The first-order valence-corrected chi connectivity index (χ1v) is 19.4. The van der Waals surface area contributed by atoms with Crippen molar-refractivity contribution in [2.24, 2.45) is 0 Å². The van der Waals surface area contributed by atoms with Crippen LogP contribution in [0, 0.1) is 11.6 Å². The number of hydrogen-bond donors (Lipinski definition) is 2. The van der Waals surface area contributed by atoms with E-state index in [4.69, 9.17) is 4.74 Å². The van der Waals surface area contributed by atoms with E-state index in [0.29, 0.717) is 30.3 Å². The molecular weight excluding hydrogens is 765 g/mol. The van der Waals surface area contributed by atoms with E-state index in [1.807, 2.05) is 4.90 Å². The van der Waals surface area contributed by atoms with Crippen LogP contribution in [0.1, 0.15) is 40.6 Å². The lowest BCUT2D eigenvalue weighted by Crippen LogP contribution is -2.49. The Morgan fingerprint density at radius 1 is 0.895 bits per heavy atom. The Morgan fingerprint density at radius 3 is 2.23 bits per heavy atom. The first kappa shape index (κ1) is 40.2. The predicted octanol–water partition coefficient (Wildman–Crippen LogP) is 4.22. The first-order valence-electron chi connectivity index (χ1n) is 17.6. The van der Waals surface area contributed by atoms with Crippen LogP contribution in [0.2, 0.25) is 0 Å². The smallest absolute Gasteiger partial charge is 0.335 e. The van der Waals surface area contributed by atoms with Gasteiger partial charge >= 0.3 is 5.69 Å². The average Bonchev–Trinajstić information content (AvgIpc) is 3.16. The SMILES string of the molecule is CC(C)n1cc(C(=O)Nc2ccc(Oc3ccnc(Nc4ccc(C(=O)N(C)C)c(N5CCN(S(C)(=O)=O)CC5)n4)c3)c(F)c2)c(=O)n(-c2ccc(F)cc2)c1=O. The summed E-state index contributed by atoms with van der Waals surface area (Å²) < 4.78 is 62.2. The van der Waals surface area contributed by atoms with Crippen molar-refractivity contribution in [3.63, 3.8) is 0 Å². The quantitative estimate of drug-likeness (QED) is 0.195. The Bertz CT molecular complexity index is 2570. The number of piperazine rings is 1. The number of halogens is 2. The highest BCUT2D eigenvalue weighted by Gasteiger charge is 2.28. The fraction of sp³-hybridized carbons (Fsp3) is 0.263. The Morgan fingerprint density at radius 2 is 1.60 bits per heavy atom. The number of nitrogens with one attached hydrogen (secondary N) is 2. The second kappa shape index (κ2) is 16.3. The summed E-state index contributed by atoms with van der Waals surface area (Å²) in [5.41, 5.74) is -1.68. The van der Waals surface area contributed by atoms with E-state index in [-0.39, 0.29) is 47.7 Å². The van der Waals surface area contributed by atoms with Gasteiger partial charge < -0.3 is 25.2 Å². The molecule has 19 heteroatoms. The van der Waals surface area contributed by atoms with Crippen LogP contribution in [0.15, 0.2) is 88.7 Å². The summed E-state index contributed by atoms with van der Waals surface area (Å²) in [6, 6.07) is 14.1. The normalized spacial score (nSPS) is 13.4. The number of carbonyl (C=O) groups is 2. The highest BCUT2D eigenvalue weighted by atomic mass is 32.2. The number of hydrogen-bond acceptors (Lipinski definition) is 11. The van der Waals surface area contributed by atoms with E-state index in [0.717, 1.165) is 35.2 Å². The van der Waals surface area contributed by atoms with Crippen molar-refractivity contribution < 1.29 is 31.5 Å². The molecule has 0 aliphatic carbocycles. The maximum atomic E-state index is 15.4. The van der Waals surface area contributed by atoms with Crippen LogP contribution < -0.4 is 31.5 Å². The molecule has 1 aliphatic heterocycles. The topological polar surface area (TPSA) is 181 Å². The zero-order valence-corrected chi connectivity index (χ0v) is 32.4. The summed E-state index contributed by atoms with van der Waals surface area (Å²) in [5, 5.41) is 5.56. The monoisotopic (exact) mass is 803 g/mol. The molecule has 0 atom stereocenters. The molecule has 298 valence electrons. The van der Waals surface area contributed by atoms with Gasteiger partial charge in [-0.15, -0.1) is 0 Å². The van der Waals surface area contributed by atoms with E-state index in [9.17, 15) is 32.0 Å². The van der Waals surface area contributed by atoms with Gasteiger partial charge in [0, 0.05) is 76.5 Å². The number of amides is 2. The standard InChI is InChI=1S/C38H39F2N9O7S/c1-23(2)48-22-29(37(52)49(38(48)53)26-9-6-24(39)7-10-26)35(50)42-25-8-12-31(30(40)20-25)56-27-14-15-41-33(21-27)43-32-13-11-28(36(51)45(3)4)34(44-32)46-16-18-47(19-17-46)57(5,54)55/h6-15,20-23H,16-19H2,1-5H3,(H,42,50)(H,41,43,44). The lowest BCUT2D eigenvalue weighted by Gasteiger charge is -2.35. The molecule has 6 rings (SSSR count). The van der Waals surface area contributed by atoms with Gasteiger partial charge in [-0.2, -0.15) is 4.31 Å². The summed E-state index contributed by atoms with van der Waals surface area (Å²) in [4.78, 5) is 65.2. The van der Waals surface area contributed by atoms with Crippen LogP contribution in [-0.2, 0) is 10.0 Å². The molecule has 5 aromatic rings. The van der Waals surface area contributed by atoms with E-state index in [1.165, 1.54) is 56.4 Å². The van der Waals surface area contributed by atoms with Crippen molar-refractivity contribution in [2.75, 3.05) is 62.1 Å². The zero-order valence-electron chi connectivity index (χ0n) is 31.6. The molecule has 2 amide bonds. The maximum Gasteiger partial charge on any atom is 0.335 e. The third kappa shape index (κ3) is 9.00. The Labute approximate surface area is 326 Å². The number of aromatic nitrogens is 4. The van der Waals surface area contributed by atoms with Gasteiger partial charge in [-0.05, 0) is 68.4 Å². The Balaban J connectivity index is 1.19. The molecule has 4 heterocycles. The number of nitrogens with zero attached hydrogens (tertiary/aromatic N) is 7. The summed E-state index contributed by atoms with van der Waals surface area (Å²) in [5.74, 6) is -1.64. The number of benzene rings is 2. The largest absolute Gasteiger partial charge is 0.454 e. The van der Waals surface area contributed by atoms with E-state index < -0.39 is 50.4 Å². The first-order chi connectivity index (χ1) is 27.0. The highest BCUT2D eigenvalue weighted by Crippen LogP contribution is 2.30. The third-order valence-corrected chi connectivity index (χ3v) is 10.2. The fourth-order valence-corrected chi connectivity index (χ4v) is 6.80. The molecule has 0 spiro atoms. The second-order valence-corrected chi connectivity index (χ2v) is 15.5. The minimum atomic E-state index is -3.37. The lowest BCUT2D eigenvalue weighted by atomic mass is 10.2. The number of carbonyl (C=O) groups excluding carboxylic acids is 2. The van der Waals surface area contributed by atoms with Crippen molar-refractivity contribution in [2.45, 2.75) is 19.9 Å². The predicted molar refractivity (Wildman–Crippen MR) is 209 cm³/mol. The molecule has 57 heavy (non-hydrogen) atoms. The van der Waals surface area contributed by atoms with E-state index in [1.54, 1.807) is 40.1 Å². The number of anilines is 4. The molecule has 1 saturated heterocycles. The lowest BCUT2D eigenvalue weighted by molar-refractivity contribution is 0.0827. The Kier molecular flexibility index (Phi) is 11.5. The van der Waals surface area contributed by atoms with Crippen LogP contribution in [-0.4, -0.2) is 95.1 Å². The molecular formula is C38H39F2N9O7S. The van der Waals surface area contributed by atoms with E-state index in [2.05, 4.69) is 20.6 Å². The summed E-state index contributed by atoms with van der Waals surface area (Å²) in [7, 11) is -0.135. The van der Waals surface area contributed by atoms with Gasteiger partial charge in [-0.3, -0.25) is 19.0 Å². The number of rotatable bonds is 11. The third-order valence-electron chi connectivity index (χ3n) is 8.92. The maximum absolute atomic E-state index is 15.4. The molecule has 1 aliphatic rings. The molecule has 3 aromatic heterocycles. The van der Waals surface area contributed by atoms with E-state index >= 15 is 4.39 Å². The number of pyridine rings is 2. The number of sulfonamides is 1. The summed E-state index contributed by atoms with van der Waals surface area (Å²) in [6.07, 6.45) is 3.71. The molecule has 0 saturated carbocycles. The highest BCUT2D eigenvalue weighted by molar-refractivity contribution is 7.88. The minimum absolute atomic E-state index is 0.00670. The zero-order chi connectivity index (χ0) is 41.2. The molecule has 2 N–H and O–H groups in total. The fourth-order valence-electron chi connectivity index (χ4n) is 5.98. The molecule has 1 fully saturated rings. The number of ether oxygens (including phenoxy) is 1. The van der Waals surface area contributed by atoms with Crippen molar-refractivity contribution in [1.29, 1.82) is 0 Å². The van der Waals surface area contributed by atoms with Gasteiger partial charge in [0.1, 0.15) is 34.6 Å². The second-order valence-electron chi connectivity index (χ2n) is 13.6. The van der Waals surface area contributed by atoms with Crippen molar-refractivity contribution in [1.82, 2.24) is 28.3 Å².